The Kier molecular flexibility index (Phi) is 6.94. The van der Waals surface area contributed by atoms with Crippen LogP contribution in [0.25, 0.3) is 11.4 Å². The number of amides is 2. The third-order valence-electron chi connectivity index (χ3n) is 4.18. The average molecular weight is 394 g/mol. The van der Waals surface area contributed by atoms with E-state index in [9.17, 15) is 9.59 Å². The largest absolute Gasteiger partial charge is 0.497 e. The summed E-state index contributed by atoms with van der Waals surface area (Å²) in [6.45, 7) is 0.572. The normalized spacial score (nSPS) is 10.4. The van der Waals surface area contributed by atoms with Gasteiger partial charge in [-0.2, -0.15) is 4.98 Å². The lowest BCUT2D eigenvalue weighted by Crippen LogP contribution is -2.34. The molecule has 0 aliphatic carbocycles. The molecule has 0 aliphatic heterocycles. The summed E-state index contributed by atoms with van der Waals surface area (Å²) in [5.74, 6) is 0.453. The number of carbonyl (C=O) groups excluding carboxylic acids is 2. The highest BCUT2D eigenvalue weighted by Gasteiger charge is 2.15. The Morgan fingerprint density at radius 3 is 2.45 bits per heavy atom. The first kappa shape index (κ1) is 20.1. The summed E-state index contributed by atoms with van der Waals surface area (Å²) in [6, 6.07) is 16.8. The molecule has 8 nitrogen and oxygen atoms in total. The molecular weight excluding hydrogens is 372 g/mol. The van der Waals surface area contributed by atoms with Gasteiger partial charge in [0, 0.05) is 25.1 Å². The molecule has 3 rings (SSSR count). The van der Waals surface area contributed by atoms with Crippen molar-refractivity contribution in [3.05, 3.63) is 66.1 Å². The maximum atomic E-state index is 12.1. The highest BCUT2D eigenvalue weighted by Crippen LogP contribution is 2.14. The first-order valence-corrected chi connectivity index (χ1v) is 9.22. The molecule has 2 amide bonds. The molecule has 1 heterocycles. The van der Waals surface area contributed by atoms with Gasteiger partial charge in [0.1, 0.15) is 5.75 Å². The van der Waals surface area contributed by atoms with Crippen LogP contribution in [-0.4, -0.2) is 42.2 Å². The summed E-state index contributed by atoms with van der Waals surface area (Å²) in [4.78, 5) is 28.1. The monoisotopic (exact) mass is 394 g/mol. The Labute approximate surface area is 168 Å². The van der Waals surface area contributed by atoms with Crippen molar-refractivity contribution in [1.29, 1.82) is 0 Å². The Hall–Kier alpha value is -3.68. The Bertz CT molecular complexity index is 939. The molecule has 0 atom stereocenters. The molecular formula is C21H22N4O4. The minimum absolute atomic E-state index is 0.0841. The van der Waals surface area contributed by atoms with Crippen LogP contribution in [0.2, 0.25) is 0 Å². The van der Waals surface area contributed by atoms with Gasteiger partial charge in [0.2, 0.25) is 11.7 Å². The SMILES string of the molecule is COc1ccc(CCC(=O)NCCNC(=O)c2nc(-c3ccccc3)no2)cc1. The fourth-order valence-corrected chi connectivity index (χ4v) is 2.61. The van der Waals surface area contributed by atoms with Gasteiger partial charge in [0.25, 0.3) is 0 Å². The van der Waals surface area contributed by atoms with E-state index in [0.717, 1.165) is 16.9 Å². The highest BCUT2D eigenvalue weighted by molar-refractivity contribution is 5.89. The van der Waals surface area contributed by atoms with Crippen LogP contribution in [0.3, 0.4) is 0 Å². The minimum atomic E-state index is -0.479. The van der Waals surface area contributed by atoms with Crippen LogP contribution in [-0.2, 0) is 11.2 Å². The topological polar surface area (TPSA) is 106 Å². The molecule has 2 aromatic carbocycles. The number of aromatic nitrogens is 2. The van der Waals surface area contributed by atoms with Gasteiger partial charge in [-0.15, -0.1) is 0 Å². The number of hydrogen-bond acceptors (Lipinski definition) is 6. The molecule has 29 heavy (non-hydrogen) atoms. The van der Waals surface area contributed by atoms with Gasteiger partial charge in [-0.3, -0.25) is 9.59 Å². The lowest BCUT2D eigenvalue weighted by atomic mass is 10.1. The van der Waals surface area contributed by atoms with Crippen molar-refractivity contribution in [2.24, 2.45) is 0 Å². The van der Waals surface area contributed by atoms with Crippen LogP contribution in [0, 0.1) is 0 Å². The summed E-state index contributed by atoms with van der Waals surface area (Å²) in [5.41, 5.74) is 1.82. The van der Waals surface area contributed by atoms with Gasteiger partial charge in [0.15, 0.2) is 0 Å². The number of nitrogens with zero attached hydrogens (tertiary/aromatic N) is 2. The van der Waals surface area contributed by atoms with E-state index in [1.807, 2.05) is 54.6 Å². The van der Waals surface area contributed by atoms with Crippen LogP contribution in [0.15, 0.2) is 59.1 Å². The molecule has 0 fully saturated rings. The first-order chi connectivity index (χ1) is 14.2. The smallest absolute Gasteiger partial charge is 0.316 e. The number of aryl methyl sites for hydroxylation is 1. The lowest BCUT2D eigenvalue weighted by molar-refractivity contribution is -0.121. The second-order valence-corrected chi connectivity index (χ2v) is 6.24. The first-order valence-electron chi connectivity index (χ1n) is 9.22. The fraction of sp³-hybridized carbons (Fsp3) is 0.238. The molecule has 0 bridgehead atoms. The number of carbonyl (C=O) groups is 2. The van der Waals surface area contributed by atoms with Gasteiger partial charge >= 0.3 is 11.8 Å². The van der Waals surface area contributed by atoms with Crippen molar-refractivity contribution in [2.45, 2.75) is 12.8 Å². The number of nitrogens with one attached hydrogen (secondary N) is 2. The van der Waals surface area contributed by atoms with Crippen LogP contribution >= 0.6 is 0 Å². The van der Waals surface area contributed by atoms with Crippen molar-refractivity contribution in [3.8, 4) is 17.1 Å². The maximum Gasteiger partial charge on any atom is 0.316 e. The summed E-state index contributed by atoms with van der Waals surface area (Å²) in [7, 11) is 1.61. The summed E-state index contributed by atoms with van der Waals surface area (Å²) in [5, 5.41) is 9.21. The van der Waals surface area contributed by atoms with Gasteiger partial charge < -0.3 is 19.9 Å². The lowest BCUT2D eigenvalue weighted by Gasteiger charge is -2.06. The Morgan fingerprint density at radius 2 is 1.72 bits per heavy atom. The number of hydrogen-bond donors (Lipinski definition) is 2. The fourth-order valence-electron chi connectivity index (χ4n) is 2.61. The molecule has 2 N–H and O–H groups in total. The van der Waals surface area contributed by atoms with Crippen LogP contribution in [0.1, 0.15) is 22.7 Å². The quantitative estimate of drug-likeness (QED) is 0.539. The minimum Gasteiger partial charge on any atom is -0.497 e. The zero-order valence-electron chi connectivity index (χ0n) is 16.1. The van der Waals surface area contributed by atoms with Gasteiger partial charge in [-0.05, 0) is 24.1 Å². The number of methoxy groups -OCH3 is 1. The van der Waals surface area contributed by atoms with Crippen molar-refractivity contribution in [2.75, 3.05) is 20.2 Å². The molecule has 0 saturated heterocycles. The summed E-state index contributed by atoms with van der Waals surface area (Å²) >= 11 is 0. The van der Waals surface area contributed by atoms with E-state index >= 15 is 0 Å². The molecule has 0 radical (unpaired) electrons. The second-order valence-electron chi connectivity index (χ2n) is 6.24. The zero-order valence-corrected chi connectivity index (χ0v) is 16.1. The predicted molar refractivity (Wildman–Crippen MR) is 106 cm³/mol. The summed E-state index contributed by atoms with van der Waals surface area (Å²) in [6.07, 6.45) is 0.997. The zero-order chi connectivity index (χ0) is 20.5. The van der Waals surface area contributed by atoms with Gasteiger partial charge in [0.05, 0.1) is 7.11 Å². The van der Waals surface area contributed by atoms with Crippen LogP contribution in [0.5, 0.6) is 5.75 Å². The Morgan fingerprint density at radius 1 is 1.00 bits per heavy atom. The predicted octanol–water partition coefficient (Wildman–Crippen LogP) is 2.22. The Balaban J connectivity index is 1.36. The highest BCUT2D eigenvalue weighted by atomic mass is 16.5. The van der Waals surface area contributed by atoms with E-state index in [0.29, 0.717) is 25.2 Å². The third kappa shape index (κ3) is 5.90. The molecule has 0 saturated carbocycles. The molecule has 150 valence electrons. The maximum absolute atomic E-state index is 12.1. The van der Waals surface area contributed by atoms with Crippen molar-refractivity contribution in [1.82, 2.24) is 20.8 Å². The van der Waals surface area contributed by atoms with Gasteiger partial charge in [-0.25, -0.2) is 0 Å². The summed E-state index contributed by atoms with van der Waals surface area (Å²) < 4.78 is 10.1. The van der Waals surface area contributed by atoms with E-state index in [1.165, 1.54) is 0 Å². The molecule has 0 unspecified atom stereocenters. The molecule has 3 aromatic rings. The molecule has 0 aliphatic rings. The average Bonchev–Trinajstić information content (AvgIpc) is 3.26. The number of ether oxygens (including phenoxy) is 1. The van der Waals surface area contributed by atoms with Gasteiger partial charge in [-0.1, -0.05) is 47.6 Å². The van der Waals surface area contributed by atoms with Crippen molar-refractivity contribution < 1.29 is 18.8 Å². The number of rotatable bonds is 9. The molecule has 1 aromatic heterocycles. The van der Waals surface area contributed by atoms with Crippen LogP contribution in [0.4, 0.5) is 0 Å². The third-order valence-corrected chi connectivity index (χ3v) is 4.18. The molecule has 0 spiro atoms. The van der Waals surface area contributed by atoms with Crippen molar-refractivity contribution in [3.63, 3.8) is 0 Å². The van der Waals surface area contributed by atoms with E-state index < -0.39 is 5.91 Å². The number of benzene rings is 2. The molecule has 8 heteroatoms. The van der Waals surface area contributed by atoms with Crippen LogP contribution < -0.4 is 15.4 Å². The van der Waals surface area contributed by atoms with E-state index in [4.69, 9.17) is 9.26 Å². The van der Waals surface area contributed by atoms with E-state index in [-0.39, 0.29) is 18.3 Å². The van der Waals surface area contributed by atoms with Crippen molar-refractivity contribution >= 4 is 11.8 Å². The second kappa shape index (κ2) is 10.0. The standard InChI is InChI=1S/C21H22N4O4/c1-28-17-10-7-15(8-11-17)9-12-18(26)22-13-14-23-20(27)21-24-19(25-29-21)16-5-3-2-4-6-16/h2-8,10-11H,9,12-14H2,1H3,(H,22,26)(H,23,27). The van der Waals surface area contributed by atoms with E-state index in [2.05, 4.69) is 20.8 Å². The van der Waals surface area contributed by atoms with E-state index in [1.54, 1.807) is 7.11 Å².